The first kappa shape index (κ1) is 19.6. The second-order valence-corrected chi connectivity index (χ2v) is 8.28. The van der Waals surface area contributed by atoms with E-state index in [1.807, 2.05) is 24.3 Å². The summed E-state index contributed by atoms with van der Waals surface area (Å²) < 4.78 is 27.5. The van der Waals surface area contributed by atoms with Crippen molar-refractivity contribution >= 4 is 31.9 Å². The molecule has 0 radical (unpaired) electrons. The topological polar surface area (TPSA) is 66.5 Å². The van der Waals surface area contributed by atoms with Gasteiger partial charge in [0.2, 0.25) is 10.0 Å². The number of nitrogens with one attached hydrogen (secondary N) is 1. The van der Waals surface area contributed by atoms with Gasteiger partial charge in [0.25, 0.3) is 5.91 Å². The number of nitrogens with zero attached hydrogens (tertiary/aromatic N) is 1. The van der Waals surface area contributed by atoms with Crippen molar-refractivity contribution in [2.45, 2.75) is 25.3 Å². The average molecular weight is 425 g/mol. The third kappa shape index (κ3) is 4.90. The molecule has 0 aliphatic rings. The van der Waals surface area contributed by atoms with Gasteiger partial charge in [-0.2, -0.15) is 4.31 Å². The minimum atomic E-state index is -3.58. The highest BCUT2D eigenvalue weighted by Gasteiger charge is 2.22. The molecule has 0 aliphatic heterocycles. The predicted molar refractivity (Wildman–Crippen MR) is 102 cm³/mol. The first-order valence-electron chi connectivity index (χ1n) is 8.01. The van der Waals surface area contributed by atoms with Crippen molar-refractivity contribution in [2.24, 2.45) is 0 Å². The SMILES string of the molecule is CCN(CC)S(=O)(=O)c1cccc(C(=O)NCc2cccc(Br)c2)c1. The lowest BCUT2D eigenvalue weighted by molar-refractivity contribution is 0.0950. The number of hydrogen-bond donors (Lipinski definition) is 1. The highest BCUT2D eigenvalue weighted by Crippen LogP contribution is 2.17. The molecule has 0 saturated heterocycles. The van der Waals surface area contributed by atoms with Gasteiger partial charge in [0, 0.05) is 29.7 Å². The van der Waals surface area contributed by atoms with Gasteiger partial charge in [-0.1, -0.05) is 48.0 Å². The number of halogens is 1. The summed E-state index contributed by atoms with van der Waals surface area (Å²) in [4.78, 5) is 12.5. The Kier molecular flexibility index (Phi) is 6.75. The second kappa shape index (κ2) is 8.60. The standard InChI is InChI=1S/C18H21BrN2O3S/c1-3-21(4-2)25(23,24)17-10-6-8-15(12-17)18(22)20-13-14-7-5-9-16(19)11-14/h5-12H,3-4,13H2,1-2H3,(H,20,22). The quantitative estimate of drug-likeness (QED) is 0.740. The van der Waals surface area contributed by atoms with Gasteiger partial charge in [-0.25, -0.2) is 8.42 Å². The summed E-state index contributed by atoms with van der Waals surface area (Å²) in [7, 11) is -3.58. The Hall–Kier alpha value is -1.70. The molecular weight excluding hydrogens is 404 g/mol. The van der Waals surface area contributed by atoms with Crippen LogP contribution in [0.5, 0.6) is 0 Å². The molecule has 0 unspecified atom stereocenters. The van der Waals surface area contributed by atoms with Crippen molar-refractivity contribution in [3.63, 3.8) is 0 Å². The molecule has 0 heterocycles. The smallest absolute Gasteiger partial charge is 0.251 e. The molecule has 5 nitrogen and oxygen atoms in total. The summed E-state index contributed by atoms with van der Waals surface area (Å²) in [5, 5.41) is 2.81. The van der Waals surface area contributed by atoms with Crippen LogP contribution in [-0.2, 0) is 16.6 Å². The number of hydrogen-bond acceptors (Lipinski definition) is 3. The molecule has 25 heavy (non-hydrogen) atoms. The predicted octanol–water partition coefficient (Wildman–Crippen LogP) is 3.41. The maximum Gasteiger partial charge on any atom is 0.251 e. The monoisotopic (exact) mass is 424 g/mol. The lowest BCUT2D eigenvalue weighted by Gasteiger charge is -2.18. The van der Waals surface area contributed by atoms with E-state index in [1.165, 1.54) is 16.4 Å². The van der Waals surface area contributed by atoms with E-state index < -0.39 is 10.0 Å². The molecule has 0 fully saturated rings. The Morgan fingerprint density at radius 3 is 2.40 bits per heavy atom. The van der Waals surface area contributed by atoms with Gasteiger partial charge in [0.05, 0.1) is 4.90 Å². The number of benzene rings is 2. The van der Waals surface area contributed by atoms with E-state index in [1.54, 1.807) is 26.0 Å². The Morgan fingerprint density at radius 2 is 1.76 bits per heavy atom. The van der Waals surface area contributed by atoms with Crippen LogP contribution in [0.2, 0.25) is 0 Å². The third-order valence-corrected chi connectivity index (χ3v) is 6.32. The van der Waals surface area contributed by atoms with Crippen molar-refractivity contribution in [2.75, 3.05) is 13.1 Å². The van der Waals surface area contributed by atoms with E-state index in [4.69, 9.17) is 0 Å². The maximum absolute atomic E-state index is 12.6. The Labute approximate surface area is 157 Å². The number of sulfonamides is 1. The van der Waals surface area contributed by atoms with Gasteiger partial charge < -0.3 is 5.32 Å². The van der Waals surface area contributed by atoms with Crippen LogP contribution in [0, 0.1) is 0 Å². The molecule has 0 aliphatic carbocycles. The summed E-state index contributed by atoms with van der Waals surface area (Å²) in [6.07, 6.45) is 0. The van der Waals surface area contributed by atoms with Crippen molar-refractivity contribution in [3.05, 3.63) is 64.1 Å². The van der Waals surface area contributed by atoms with Gasteiger partial charge in [-0.15, -0.1) is 0 Å². The molecule has 2 rings (SSSR count). The Balaban J connectivity index is 2.16. The van der Waals surface area contributed by atoms with Crippen LogP contribution in [0.1, 0.15) is 29.8 Å². The van der Waals surface area contributed by atoms with E-state index in [0.717, 1.165) is 10.0 Å². The number of carbonyl (C=O) groups is 1. The Bertz CT molecular complexity index is 849. The summed E-state index contributed by atoms with van der Waals surface area (Å²) in [5.41, 5.74) is 1.28. The molecule has 2 aromatic rings. The largest absolute Gasteiger partial charge is 0.348 e. The molecule has 0 spiro atoms. The normalized spacial score (nSPS) is 11.5. The van der Waals surface area contributed by atoms with Crippen LogP contribution >= 0.6 is 15.9 Å². The minimum Gasteiger partial charge on any atom is -0.348 e. The van der Waals surface area contributed by atoms with Crippen molar-refractivity contribution in [3.8, 4) is 0 Å². The summed E-state index contributed by atoms with van der Waals surface area (Å²) >= 11 is 3.39. The van der Waals surface area contributed by atoms with Crippen LogP contribution in [0.15, 0.2) is 57.9 Å². The fourth-order valence-corrected chi connectivity index (χ4v) is 4.39. The number of rotatable bonds is 7. The number of carbonyl (C=O) groups excluding carboxylic acids is 1. The zero-order valence-electron chi connectivity index (χ0n) is 14.2. The van der Waals surface area contributed by atoms with Crippen molar-refractivity contribution in [1.82, 2.24) is 9.62 Å². The zero-order chi connectivity index (χ0) is 18.4. The average Bonchev–Trinajstić information content (AvgIpc) is 2.60. The third-order valence-electron chi connectivity index (χ3n) is 3.78. The molecule has 0 bridgehead atoms. The molecule has 134 valence electrons. The lowest BCUT2D eigenvalue weighted by atomic mass is 10.2. The molecule has 7 heteroatoms. The van der Waals surface area contributed by atoms with E-state index in [2.05, 4.69) is 21.2 Å². The van der Waals surface area contributed by atoms with Crippen molar-refractivity contribution in [1.29, 1.82) is 0 Å². The van der Waals surface area contributed by atoms with E-state index in [-0.39, 0.29) is 10.8 Å². The summed E-state index contributed by atoms with van der Waals surface area (Å²) in [6, 6.07) is 13.8. The van der Waals surface area contributed by atoms with Crippen LogP contribution in [0.25, 0.3) is 0 Å². The van der Waals surface area contributed by atoms with E-state index in [9.17, 15) is 13.2 Å². The maximum atomic E-state index is 12.6. The molecule has 2 aromatic carbocycles. The fraction of sp³-hybridized carbons (Fsp3) is 0.278. The van der Waals surface area contributed by atoms with Gasteiger partial charge in [-0.3, -0.25) is 4.79 Å². The van der Waals surface area contributed by atoms with Gasteiger partial charge in [-0.05, 0) is 35.9 Å². The van der Waals surface area contributed by atoms with Gasteiger partial charge in [0.15, 0.2) is 0 Å². The summed E-state index contributed by atoms with van der Waals surface area (Å²) in [6.45, 7) is 4.72. The minimum absolute atomic E-state index is 0.131. The first-order chi connectivity index (χ1) is 11.9. The molecule has 1 amide bonds. The highest BCUT2D eigenvalue weighted by atomic mass is 79.9. The molecule has 0 aromatic heterocycles. The molecule has 0 atom stereocenters. The zero-order valence-corrected chi connectivity index (χ0v) is 16.6. The van der Waals surface area contributed by atoms with E-state index >= 15 is 0 Å². The molecular formula is C18H21BrN2O3S. The highest BCUT2D eigenvalue weighted by molar-refractivity contribution is 9.10. The fourth-order valence-electron chi connectivity index (χ4n) is 2.44. The van der Waals surface area contributed by atoms with E-state index in [0.29, 0.717) is 25.2 Å². The number of amides is 1. The summed E-state index contributed by atoms with van der Waals surface area (Å²) in [5.74, 6) is -0.309. The lowest BCUT2D eigenvalue weighted by Crippen LogP contribution is -2.31. The van der Waals surface area contributed by atoms with Crippen LogP contribution in [0.4, 0.5) is 0 Å². The molecule has 1 N–H and O–H groups in total. The molecule has 0 saturated carbocycles. The van der Waals surface area contributed by atoms with Crippen LogP contribution in [-0.4, -0.2) is 31.7 Å². The second-order valence-electron chi connectivity index (χ2n) is 5.43. The van der Waals surface area contributed by atoms with Crippen molar-refractivity contribution < 1.29 is 13.2 Å². The first-order valence-corrected chi connectivity index (χ1v) is 10.2. The van der Waals surface area contributed by atoms with Crippen LogP contribution < -0.4 is 5.32 Å². The van der Waals surface area contributed by atoms with Gasteiger partial charge >= 0.3 is 0 Å². The Morgan fingerprint density at radius 1 is 1.08 bits per heavy atom. The van der Waals surface area contributed by atoms with Gasteiger partial charge in [0.1, 0.15) is 0 Å². The van der Waals surface area contributed by atoms with Crippen LogP contribution in [0.3, 0.4) is 0 Å².